The Morgan fingerprint density at radius 2 is 1.77 bits per heavy atom. The van der Waals surface area contributed by atoms with E-state index in [9.17, 15) is 19.1 Å². The molecule has 2 aromatic carbocycles. The molecule has 2 aromatic rings. The number of hydrogen-bond donors (Lipinski definition) is 2. The van der Waals surface area contributed by atoms with E-state index in [1.807, 2.05) is 31.2 Å². The lowest BCUT2D eigenvalue weighted by Crippen LogP contribution is -2.73. The Bertz CT molecular complexity index is 916. The minimum absolute atomic E-state index is 0.0389. The third-order valence-corrected chi connectivity index (χ3v) is 6.04. The molecule has 2 saturated heterocycles. The summed E-state index contributed by atoms with van der Waals surface area (Å²) in [5, 5.41) is 12.7. The first-order valence-corrected chi connectivity index (χ1v) is 10.3. The predicted octanol–water partition coefficient (Wildman–Crippen LogP) is 2.58. The van der Waals surface area contributed by atoms with Crippen molar-refractivity contribution < 1.29 is 19.1 Å². The van der Waals surface area contributed by atoms with Crippen molar-refractivity contribution in [1.29, 1.82) is 0 Å². The summed E-state index contributed by atoms with van der Waals surface area (Å²) in [6, 6.07) is 13.6. The summed E-state index contributed by atoms with van der Waals surface area (Å²) >= 11 is 0. The second-order valence-corrected chi connectivity index (χ2v) is 7.89. The Morgan fingerprint density at radius 3 is 2.37 bits per heavy atom. The zero-order chi connectivity index (χ0) is 21.3. The van der Waals surface area contributed by atoms with E-state index in [0.29, 0.717) is 13.1 Å². The molecule has 2 N–H and O–H groups in total. The molecule has 2 heterocycles. The molecule has 0 radical (unpaired) electrons. The molecule has 30 heavy (non-hydrogen) atoms. The van der Waals surface area contributed by atoms with Gasteiger partial charge in [-0.3, -0.25) is 4.79 Å². The van der Waals surface area contributed by atoms with Crippen molar-refractivity contribution in [2.45, 2.75) is 31.3 Å². The van der Waals surface area contributed by atoms with E-state index in [4.69, 9.17) is 0 Å². The zero-order valence-corrected chi connectivity index (χ0v) is 16.9. The van der Waals surface area contributed by atoms with Gasteiger partial charge in [-0.15, -0.1) is 0 Å². The standard InChI is InChI=1S/C23H26FN3O3/c1-2-11-25-23(30)26-12-19-22(20(14-28)27(19)21(29)13-26)17-5-3-15(4-6-17)16-7-9-18(24)10-8-16/h3-10,19-20,22,28H,2,11-14H2,1H3,(H,25,30)/t19-,20+,22+/m0/s1. The molecule has 0 aliphatic carbocycles. The maximum atomic E-state index is 13.2. The fraction of sp³-hybridized carbons (Fsp3) is 0.391. The van der Waals surface area contributed by atoms with Crippen LogP contribution in [-0.2, 0) is 4.79 Å². The zero-order valence-electron chi connectivity index (χ0n) is 16.9. The second-order valence-electron chi connectivity index (χ2n) is 7.89. The Morgan fingerprint density at radius 1 is 1.13 bits per heavy atom. The molecule has 2 fully saturated rings. The molecule has 0 unspecified atom stereocenters. The Labute approximate surface area is 175 Å². The Hall–Kier alpha value is -2.93. The third-order valence-electron chi connectivity index (χ3n) is 6.04. The summed E-state index contributed by atoms with van der Waals surface area (Å²) in [5.74, 6) is -0.440. The lowest BCUT2D eigenvalue weighted by molar-refractivity contribution is -0.159. The van der Waals surface area contributed by atoms with Gasteiger partial charge in [0.1, 0.15) is 12.4 Å². The van der Waals surface area contributed by atoms with Crippen molar-refractivity contribution in [3.63, 3.8) is 0 Å². The maximum absolute atomic E-state index is 13.2. The number of urea groups is 1. The summed E-state index contributed by atoms with van der Waals surface area (Å²) in [5.41, 5.74) is 2.91. The molecular weight excluding hydrogens is 385 g/mol. The minimum atomic E-state index is -0.278. The molecule has 2 aliphatic heterocycles. The first-order valence-electron chi connectivity index (χ1n) is 10.3. The molecule has 3 atom stereocenters. The van der Waals surface area contributed by atoms with Crippen molar-refractivity contribution in [3.05, 3.63) is 59.9 Å². The highest BCUT2D eigenvalue weighted by Gasteiger charge is 2.54. The van der Waals surface area contributed by atoms with Crippen LogP contribution >= 0.6 is 0 Å². The van der Waals surface area contributed by atoms with Crippen LogP contribution in [0.25, 0.3) is 11.1 Å². The number of nitrogens with one attached hydrogen (secondary N) is 1. The van der Waals surface area contributed by atoms with Crippen LogP contribution in [0.3, 0.4) is 0 Å². The number of carbonyl (C=O) groups is 2. The van der Waals surface area contributed by atoms with Crippen molar-refractivity contribution in [2.24, 2.45) is 0 Å². The van der Waals surface area contributed by atoms with Crippen LogP contribution in [0.1, 0.15) is 24.8 Å². The molecule has 3 amide bonds. The first-order chi connectivity index (χ1) is 14.5. The second kappa shape index (κ2) is 8.44. The summed E-state index contributed by atoms with van der Waals surface area (Å²) < 4.78 is 13.2. The van der Waals surface area contributed by atoms with Gasteiger partial charge in [-0.1, -0.05) is 43.3 Å². The van der Waals surface area contributed by atoms with E-state index in [1.165, 1.54) is 12.1 Å². The van der Waals surface area contributed by atoms with Crippen LogP contribution in [-0.4, -0.2) is 65.2 Å². The lowest BCUT2D eigenvalue weighted by Gasteiger charge is -2.58. The molecule has 4 rings (SSSR count). The summed E-state index contributed by atoms with van der Waals surface area (Å²) in [6.07, 6.45) is 0.832. The molecule has 0 saturated carbocycles. The normalized spacial score (nSPS) is 23.0. The quantitative estimate of drug-likeness (QED) is 0.794. The molecule has 0 spiro atoms. The molecular formula is C23H26FN3O3. The number of amides is 3. The van der Waals surface area contributed by atoms with Crippen molar-refractivity contribution >= 4 is 11.9 Å². The largest absolute Gasteiger partial charge is 0.394 e. The highest BCUT2D eigenvalue weighted by Crippen LogP contribution is 2.43. The van der Waals surface area contributed by atoms with Gasteiger partial charge in [0.05, 0.1) is 18.7 Å². The lowest BCUT2D eigenvalue weighted by atomic mass is 9.73. The number of carbonyl (C=O) groups excluding carboxylic acids is 2. The monoisotopic (exact) mass is 411 g/mol. The molecule has 0 bridgehead atoms. The fourth-order valence-electron chi connectivity index (χ4n) is 4.54. The van der Waals surface area contributed by atoms with Gasteiger partial charge in [0.25, 0.3) is 0 Å². The van der Waals surface area contributed by atoms with E-state index in [0.717, 1.165) is 23.1 Å². The smallest absolute Gasteiger partial charge is 0.317 e. The van der Waals surface area contributed by atoms with Crippen LogP contribution in [0.15, 0.2) is 48.5 Å². The van der Waals surface area contributed by atoms with Gasteiger partial charge in [-0.05, 0) is 35.2 Å². The van der Waals surface area contributed by atoms with Gasteiger partial charge in [-0.25, -0.2) is 9.18 Å². The van der Waals surface area contributed by atoms with E-state index >= 15 is 0 Å². The summed E-state index contributed by atoms with van der Waals surface area (Å²) in [6.45, 7) is 2.92. The predicted molar refractivity (Wildman–Crippen MR) is 111 cm³/mol. The first kappa shape index (κ1) is 20.3. The third kappa shape index (κ3) is 3.65. The van der Waals surface area contributed by atoms with Crippen molar-refractivity contribution in [1.82, 2.24) is 15.1 Å². The number of halogens is 1. The number of piperazine rings is 1. The highest BCUT2D eigenvalue weighted by atomic mass is 19.1. The average molecular weight is 411 g/mol. The SMILES string of the molecule is CCCNC(=O)N1CC(=O)N2[C@H](CO)[C@H](c3ccc(-c4ccc(F)cc4)cc3)[C@@H]2C1. The van der Waals surface area contributed by atoms with Crippen molar-refractivity contribution in [2.75, 3.05) is 26.2 Å². The van der Waals surface area contributed by atoms with Crippen LogP contribution in [0.4, 0.5) is 9.18 Å². The molecule has 6 nitrogen and oxygen atoms in total. The van der Waals surface area contributed by atoms with Crippen LogP contribution in [0, 0.1) is 5.82 Å². The number of nitrogens with zero attached hydrogens (tertiary/aromatic N) is 2. The number of fused-ring (bicyclic) bond motifs is 1. The van der Waals surface area contributed by atoms with Crippen LogP contribution in [0.5, 0.6) is 0 Å². The van der Waals surface area contributed by atoms with E-state index in [1.54, 1.807) is 21.9 Å². The number of hydrogen-bond acceptors (Lipinski definition) is 3. The molecule has 2 aliphatic rings. The van der Waals surface area contributed by atoms with Gasteiger partial charge >= 0.3 is 6.03 Å². The van der Waals surface area contributed by atoms with Crippen LogP contribution in [0.2, 0.25) is 0 Å². The molecule has 0 aromatic heterocycles. The van der Waals surface area contributed by atoms with E-state index < -0.39 is 0 Å². The number of benzene rings is 2. The minimum Gasteiger partial charge on any atom is -0.394 e. The number of rotatable bonds is 5. The molecule has 158 valence electrons. The summed E-state index contributed by atoms with van der Waals surface area (Å²) in [7, 11) is 0. The van der Waals surface area contributed by atoms with Gasteiger partial charge in [0.15, 0.2) is 0 Å². The topological polar surface area (TPSA) is 72.9 Å². The van der Waals surface area contributed by atoms with Gasteiger partial charge in [0.2, 0.25) is 5.91 Å². The number of aliphatic hydroxyl groups is 1. The molecule has 7 heteroatoms. The fourth-order valence-corrected chi connectivity index (χ4v) is 4.54. The maximum Gasteiger partial charge on any atom is 0.317 e. The van der Waals surface area contributed by atoms with Gasteiger partial charge in [-0.2, -0.15) is 0 Å². The average Bonchev–Trinajstić information content (AvgIpc) is 2.74. The van der Waals surface area contributed by atoms with Crippen LogP contribution < -0.4 is 5.32 Å². The van der Waals surface area contributed by atoms with Crippen molar-refractivity contribution in [3.8, 4) is 11.1 Å². The highest BCUT2D eigenvalue weighted by molar-refractivity contribution is 5.87. The van der Waals surface area contributed by atoms with Gasteiger partial charge in [0, 0.05) is 19.0 Å². The number of aliphatic hydroxyl groups excluding tert-OH is 1. The summed E-state index contributed by atoms with van der Waals surface area (Å²) in [4.78, 5) is 28.3. The van der Waals surface area contributed by atoms with E-state index in [-0.39, 0.29) is 48.9 Å². The van der Waals surface area contributed by atoms with E-state index in [2.05, 4.69) is 5.32 Å². The van der Waals surface area contributed by atoms with Gasteiger partial charge < -0.3 is 20.2 Å². The Balaban J connectivity index is 1.53. The Kier molecular flexibility index (Phi) is 5.72.